The monoisotopic (exact) mass is 340 g/mol. The van der Waals surface area contributed by atoms with Gasteiger partial charge in [0.25, 0.3) is 5.91 Å². The zero-order valence-corrected chi connectivity index (χ0v) is 14.1. The van der Waals surface area contributed by atoms with E-state index in [9.17, 15) is 14.4 Å². The van der Waals surface area contributed by atoms with Gasteiger partial charge in [-0.3, -0.25) is 9.59 Å². The van der Waals surface area contributed by atoms with E-state index in [1.807, 2.05) is 30.3 Å². The number of amides is 2. The van der Waals surface area contributed by atoms with E-state index in [0.717, 1.165) is 5.56 Å². The van der Waals surface area contributed by atoms with Gasteiger partial charge in [-0.2, -0.15) is 0 Å². The Morgan fingerprint density at radius 1 is 1.00 bits per heavy atom. The van der Waals surface area contributed by atoms with E-state index < -0.39 is 17.9 Å². The predicted molar refractivity (Wildman–Crippen MR) is 94.2 cm³/mol. The third kappa shape index (κ3) is 5.17. The first kappa shape index (κ1) is 18.2. The van der Waals surface area contributed by atoms with E-state index in [1.54, 1.807) is 24.3 Å². The molecule has 0 heterocycles. The van der Waals surface area contributed by atoms with Crippen LogP contribution in [0.3, 0.4) is 0 Å². The molecule has 0 saturated heterocycles. The summed E-state index contributed by atoms with van der Waals surface area (Å²) in [6, 6.07) is 15.1. The third-order valence-electron chi connectivity index (χ3n) is 3.56. The van der Waals surface area contributed by atoms with Crippen LogP contribution in [0.4, 0.5) is 5.69 Å². The normalized spacial score (nSPS) is 11.3. The fourth-order valence-electron chi connectivity index (χ4n) is 2.40. The molecule has 2 aromatic rings. The van der Waals surface area contributed by atoms with Crippen molar-refractivity contribution in [2.24, 2.45) is 0 Å². The largest absolute Gasteiger partial charge is 0.467 e. The van der Waals surface area contributed by atoms with Crippen molar-refractivity contribution in [2.75, 3.05) is 12.4 Å². The van der Waals surface area contributed by atoms with E-state index in [-0.39, 0.29) is 11.5 Å². The van der Waals surface area contributed by atoms with Crippen molar-refractivity contribution in [2.45, 2.75) is 19.4 Å². The van der Waals surface area contributed by atoms with Crippen LogP contribution in [0.1, 0.15) is 22.8 Å². The van der Waals surface area contributed by atoms with Crippen molar-refractivity contribution < 1.29 is 19.1 Å². The summed E-state index contributed by atoms with van der Waals surface area (Å²) >= 11 is 0. The first-order chi connectivity index (χ1) is 12.0. The Morgan fingerprint density at radius 2 is 1.64 bits per heavy atom. The van der Waals surface area contributed by atoms with Crippen LogP contribution in [0.15, 0.2) is 54.6 Å². The number of hydrogen-bond donors (Lipinski definition) is 2. The molecule has 0 spiro atoms. The Hall–Kier alpha value is -3.15. The van der Waals surface area contributed by atoms with Crippen molar-refractivity contribution >= 4 is 23.5 Å². The van der Waals surface area contributed by atoms with Crippen molar-refractivity contribution in [3.8, 4) is 0 Å². The van der Waals surface area contributed by atoms with Crippen LogP contribution in [0.2, 0.25) is 0 Å². The average Bonchev–Trinajstić information content (AvgIpc) is 2.61. The van der Waals surface area contributed by atoms with Crippen LogP contribution in [-0.4, -0.2) is 30.9 Å². The molecule has 2 aromatic carbocycles. The van der Waals surface area contributed by atoms with Crippen LogP contribution in [0.5, 0.6) is 0 Å². The van der Waals surface area contributed by atoms with Gasteiger partial charge in [-0.05, 0) is 17.7 Å². The van der Waals surface area contributed by atoms with Gasteiger partial charge in [-0.25, -0.2) is 4.79 Å². The molecular formula is C19H20N2O4. The molecule has 0 unspecified atom stereocenters. The van der Waals surface area contributed by atoms with Gasteiger partial charge in [0.05, 0.1) is 18.4 Å². The first-order valence-corrected chi connectivity index (χ1v) is 7.80. The Morgan fingerprint density at radius 3 is 2.28 bits per heavy atom. The maximum absolute atomic E-state index is 12.6. The van der Waals surface area contributed by atoms with Crippen LogP contribution < -0.4 is 10.6 Å². The van der Waals surface area contributed by atoms with Gasteiger partial charge in [-0.15, -0.1) is 0 Å². The molecule has 0 fully saturated rings. The van der Waals surface area contributed by atoms with Gasteiger partial charge in [-0.1, -0.05) is 42.5 Å². The van der Waals surface area contributed by atoms with Gasteiger partial charge in [0, 0.05) is 13.3 Å². The molecule has 1 atom stereocenters. The molecule has 0 aliphatic heterocycles. The maximum atomic E-state index is 12.6. The second-order valence-electron chi connectivity index (χ2n) is 5.47. The maximum Gasteiger partial charge on any atom is 0.328 e. The highest BCUT2D eigenvalue weighted by atomic mass is 16.5. The minimum Gasteiger partial charge on any atom is -0.467 e. The molecule has 0 aromatic heterocycles. The lowest BCUT2D eigenvalue weighted by Gasteiger charge is -2.18. The Bertz CT molecular complexity index is 759. The Labute approximate surface area is 146 Å². The van der Waals surface area contributed by atoms with Gasteiger partial charge in [0.2, 0.25) is 5.91 Å². The van der Waals surface area contributed by atoms with Crippen LogP contribution in [-0.2, 0) is 20.7 Å². The molecule has 2 amide bonds. The second-order valence-corrected chi connectivity index (χ2v) is 5.47. The van der Waals surface area contributed by atoms with Gasteiger partial charge in [0.15, 0.2) is 0 Å². The van der Waals surface area contributed by atoms with Gasteiger partial charge in [0.1, 0.15) is 6.04 Å². The number of rotatable bonds is 6. The molecule has 6 nitrogen and oxygen atoms in total. The summed E-state index contributed by atoms with van der Waals surface area (Å²) in [6.07, 6.45) is 0.307. The molecule has 25 heavy (non-hydrogen) atoms. The number of carbonyl (C=O) groups excluding carboxylic acids is 3. The lowest BCUT2D eigenvalue weighted by atomic mass is 10.0. The summed E-state index contributed by atoms with van der Waals surface area (Å²) in [5, 5.41) is 5.29. The van der Waals surface area contributed by atoms with E-state index in [0.29, 0.717) is 12.1 Å². The summed E-state index contributed by atoms with van der Waals surface area (Å²) in [7, 11) is 1.28. The minimum absolute atomic E-state index is 0.277. The first-order valence-electron chi connectivity index (χ1n) is 7.80. The number of methoxy groups -OCH3 is 1. The van der Waals surface area contributed by atoms with Crippen molar-refractivity contribution in [1.29, 1.82) is 0 Å². The molecule has 0 bridgehead atoms. The summed E-state index contributed by atoms with van der Waals surface area (Å²) in [4.78, 5) is 35.9. The lowest BCUT2D eigenvalue weighted by molar-refractivity contribution is -0.142. The average molecular weight is 340 g/mol. The molecule has 0 aliphatic rings. The lowest BCUT2D eigenvalue weighted by Crippen LogP contribution is -2.43. The highest BCUT2D eigenvalue weighted by molar-refractivity contribution is 6.04. The molecule has 130 valence electrons. The fraction of sp³-hybridized carbons (Fsp3) is 0.211. The van der Waals surface area contributed by atoms with Gasteiger partial charge < -0.3 is 15.4 Å². The highest BCUT2D eigenvalue weighted by Gasteiger charge is 2.23. The van der Waals surface area contributed by atoms with Crippen LogP contribution in [0.25, 0.3) is 0 Å². The number of anilines is 1. The van der Waals surface area contributed by atoms with E-state index in [2.05, 4.69) is 10.6 Å². The fourth-order valence-corrected chi connectivity index (χ4v) is 2.40. The Kier molecular flexibility index (Phi) is 6.28. The summed E-state index contributed by atoms with van der Waals surface area (Å²) in [6.45, 7) is 1.36. The van der Waals surface area contributed by atoms with Crippen LogP contribution in [0, 0.1) is 0 Å². The number of benzene rings is 2. The molecule has 0 saturated carbocycles. The highest BCUT2D eigenvalue weighted by Crippen LogP contribution is 2.15. The molecule has 6 heteroatoms. The molecule has 0 aliphatic carbocycles. The number of carbonyl (C=O) groups is 3. The van der Waals surface area contributed by atoms with Crippen molar-refractivity contribution in [3.05, 3.63) is 65.7 Å². The molecule has 2 N–H and O–H groups in total. The quantitative estimate of drug-likeness (QED) is 0.789. The summed E-state index contributed by atoms with van der Waals surface area (Å²) in [5.74, 6) is -1.28. The number of esters is 1. The number of hydrogen-bond acceptors (Lipinski definition) is 4. The number of nitrogens with one attached hydrogen (secondary N) is 2. The summed E-state index contributed by atoms with van der Waals surface area (Å²) in [5.41, 5.74) is 1.56. The van der Waals surface area contributed by atoms with E-state index >= 15 is 0 Å². The van der Waals surface area contributed by atoms with E-state index in [1.165, 1.54) is 14.0 Å². The molecular weight excluding hydrogens is 320 g/mol. The zero-order chi connectivity index (χ0) is 18.2. The summed E-state index contributed by atoms with van der Waals surface area (Å²) < 4.78 is 4.79. The minimum atomic E-state index is -0.828. The van der Waals surface area contributed by atoms with Crippen molar-refractivity contribution in [3.63, 3.8) is 0 Å². The molecule has 0 radical (unpaired) electrons. The SMILES string of the molecule is COC(=O)[C@H](Cc1ccccc1)NC(=O)c1ccccc1NC(C)=O. The predicted octanol–water partition coefficient (Wildman–Crippen LogP) is 2.16. The molecule has 2 rings (SSSR count). The topological polar surface area (TPSA) is 84.5 Å². The zero-order valence-electron chi connectivity index (χ0n) is 14.1. The second kappa shape index (κ2) is 8.63. The standard InChI is InChI=1S/C19H20N2O4/c1-13(22)20-16-11-7-6-10-15(16)18(23)21-17(19(24)25-2)12-14-8-4-3-5-9-14/h3-11,17H,12H2,1-2H3,(H,20,22)(H,21,23)/t17-/m0/s1. The smallest absolute Gasteiger partial charge is 0.328 e. The van der Waals surface area contributed by atoms with Crippen LogP contribution >= 0.6 is 0 Å². The third-order valence-corrected chi connectivity index (χ3v) is 3.56. The number of para-hydroxylation sites is 1. The van der Waals surface area contributed by atoms with Crippen molar-refractivity contribution in [1.82, 2.24) is 5.32 Å². The van der Waals surface area contributed by atoms with E-state index in [4.69, 9.17) is 4.74 Å². The number of ether oxygens (including phenoxy) is 1. The van der Waals surface area contributed by atoms with Gasteiger partial charge >= 0.3 is 5.97 Å². The Balaban J connectivity index is 2.20.